The Hall–Kier alpha value is -0.320. The van der Waals surface area contributed by atoms with E-state index in [0.717, 1.165) is 18.8 Å². The van der Waals surface area contributed by atoms with Crippen molar-refractivity contribution < 1.29 is 4.84 Å². The zero-order valence-electron chi connectivity index (χ0n) is 6.54. The second kappa shape index (κ2) is 5.35. The zero-order chi connectivity index (χ0) is 7.40. The lowest BCUT2D eigenvalue weighted by atomic mass is 10.2. The average Bonchev–Trinajstić information content (AvgIpc) is 2.31. The van der Waals surface area contributed by atoms with Gasteiger partial charge in [-0.15, -0.1) is 12.4 Å². The fourth-order valence-corrected chi connectivity index (χ4v) is 0.852. The molecule has 0 saturated carbocycles. The largest absolute Gasteiger partial charge is 0.396 e. The molecule has 1 aliphatic rings. The smallest absolute Gasteiger partial charge is 0.114 e. The minimum Gasteiger partial charge on any atom is -0.396 e. The predicted molar refractivity (Wildman–Crippen MR) is 47.2 cm³/mol. The van der Waals surface area contributed by atoms with Crippen molar-refractivity contribution in [2.45, 2.75) is 13.0 Å². The molecule has 0 spiro atoms. The minimum absolute atomic E-state index is 0. The van der Waals surface area contributed by atoms with E-state index in [4.69, 9.17) is 10.6 Å². The highest BCUT2D eigenvalue weighted by Crippen LogP contribution is 1.92. The van der Waals surface area contributed by atoms with Crippen molar-refractivity contribution in [3.63, 3.8) is 0 Å². The topological polar surface area (TPSA) is 59.6 Å². The zero-order valence-corrected chi connectivity index (χ0v) is 7.36. The van der Waals surface area contributed by atoms with Crippen molar-refractivity contribution in [2.24, 2.45) is 10.9 Å². The summed E-state index contributed by atoms with van der Waals surface area (Å²) in [6, 6.07) is 0.0477. The highest BCUT2D eigenvalue weighted by atomic mass is 35.5. The summed E-state index contributed by atoms with van der Waals surface area (Å²) in [5, 5.41) is 6.95. The maximum atomic E-state index is 5.65. The molecular formula is C6H14ClN3O. The summed E-state index contributed by atoms with van der Waals surface area (Å²) >= 11 is 0. The summed E-state index contributed by atoms with van der Waals surface area (Å²) in [6.45, 7) is 4.08. The van der Waals surface area contributed by atoms with E-state index in [1.54, 1.807) is 0 Å². The van der Waals surface area contributed by atoms with Gasteiger partial charge in [-0.25, -0.2) is 0 Å². The molecule has 1 atom stereocenters. The Morgan fingerprint density at radius 1 is 1.82 bits per heavy atom. The first-order valence-electron chi connectivity index (χ1n) is 3.49. The van der Waals surface area contributed by atoms with E-state index >= 15 is 0 Å². The summed E-state index contributed by atoms with van der Waals surface area (Å²) in [6.07, 6.45) is 0. The average molecular weight is 180 g/mol. The minimum atomic E-state index is 0. The normalized spacial score (nSPS) is 26.7. The van der Waals surface area contributed by atoms with Crippen molar-refractivity contribution >= 4 is 18.1 Å². The third-order valence-corrected chi connectivity index (χ3v) is 1.41. The lowest BCUT2D eigenvalue weighted by Gasteiger charge is -2.00. The first kappa shape index (κ1) is 10.7. The highest BCUT2D eigenvalue weighted by Gasteiger charge is 2.17. The molecular weight excluding hydrogens is 166 g/mol. The first-order chi connectivity index (χ1) is 4.84. The monoisotopic (exact) mass is 179 g/mol. The van der Waals surface area contributed by atoms with Crippen LogP contribution >= 0.6 is 12.4 Å². The summed E-state index contributed by atoms with van der Waals surface area (Å²) in [5.41, 5.74) is 6.56. The molecule has 0 aromatic rings. The molecule has 1 saturated heterocycles. The molecule has 3 N–H and O–H groups in total. The van der Waals surface area contributed by atoms with Crippen LogP contribution in [0.1, 0.15) is 6.92 Å². The van der Waals surface area contributed by atoms with Crippen LogP contribution < -0.4 is 11.1 Å². The molecule has 0 bridgehead atoms. The van der Waals surface area contributed by atoms with Gasteiger partial charge in [-0.05, 0) is 6.92 Å². The standard InChI is InChI=1S/C6H13N3O.ClH/c1-2-10-9-6-4-8-3-5(6)7;/h5,8H,2-4,7H2,1H3;1H. The van der Waals surface area contributed by atoms with Crippen LogP contribution in [-0.4, -0.2) is 31.4 Å². The number of halogens is 1. The molecule has 0 aromatic carbocycles. The Kier molecular flexibility index (Phi) is 5.19. The van der Waals surface area contributed by atoms with Gasteiger partial charge in [0.2, 0.25) is 0 Å². The number of nitrogens with two attached hydrogens (primary N) is 1. The van der Waals surface area contributed by atoms with Gasteiger partial charge in [-0.2, -0.15) is 0 Å². The Morgan fingerprint density at radius 2 is 2.55 bits per heavy atom. The second-order valence-electron chi connectivity index (χ2n) is 2.24. The van der Waals surface area contributed by atoms with E-state index in [1.807, 2.05) is 6.92 Å². The Morgan fingerprint density at radius 3 is 3.00 bits per heavy atom. The molecule has 1 aliphatic heterocycles. The Labute approximate surface area is 72.6 Å². The summed E-state index contributed by atoms with van der Waals surface area (Å²) in [7, 11) is 0. The third-order valence-electron chi connectivity index (χ3n) is 1.41. The Bertz CT molecular complexity index is 140. The van der Waals surface area contributed by atoms with Gasteiger partial charge in [0.15, 0.2) is 0 Å². The molecule has 0 aliphatic carbocycles. The van der Waals surface area contributed by atoms with Gasteiger partial charge >= 0.3 is 0 Å². The molecule has 4 nitrogen and oxygen atoms in total. The van der Waals surface area contributed by atoms with Crippen molar-refractivity contribution in [3.05, 3.63) is 0 Å². The van der Waals surface area contributed by atoms with E-state index in [1.165, 1.54) is 0 Å². The van der Waals surface area contributed by atoms with Crippen molar-refractivity contribution in [1.29, 1.82) is 0 Å². The Balaban J connectivity index is 0.000001000. The number of nitrogens with zero attached hydrogens (tertiary/aromatic N) is 1. The van der Waals surface area contributed by atoms with Crippen LogP contribution in [0.25, 0.3) is 0 Å². The van der Waals surface area contributed by atoms with E-state index < -0.39 is 0 Å². The predicted octanol–water partition coefficient (Wildman–Crippen LogP) is -0.269. The number of hydrogen-bond donors (Lipinski definition) is 2. The van der Waals surface area contributed by atoms with Crippen LogP contribution in [-0.2, 0) is 4.84 Å². The van der Waals surface area contributed by atoms with Crippen LogP contribution in [0.5, 0.6) is 0 Å². The highest BCUT2D eigenvalue weighted by molar-refractivity contribution is 5.92. The van der Waals surface area contributed by atoms with Gasteiger partial charge in [0.25, 0.3) is 0 Å². The second-order valence-corrected chi connectivity index (χ2v) is 2.24. The molecule has 11 heavy (non-hydrogen) atoms. The summed E-state index contributed by atoms with van der Waals surface area (Å²) in [4.78, 5) is 4.86. The van der Waals surface area contributed by atoms with E-state index in [9.17, 15) is 0 Å². The fourth-order valence-electron chi connectivity index (χ4n) is 0.852. The van der Waals surface area contributed by atoms with Crippen LogP contribution in [0.3, 0.4) is 0 Å². The van der Waals surface area contributed by atoms with Crippen LogP contribution in [0, 0.1) is 0 Å². The molecule has 0 aromatic heterocycles. The SMILES string of the molecule is CCON=C1CNCC1N.Cl. The quantitative estimate of drug-likeness (QED) is 0.574. The lowest BCUT2D eigenvalue weighted by Crippen LogP contribution is -2.29. The number of nitrogens with one attached hydrogen (secondary N) is 1. The first-order valence-corrected chi connectivity index (χ1v) is 3.49. The van der Waals surface area contributed by atoms with E-state index in [0.29, 0.717) is 6.61 Å². The number of hydrogen-bond acceptors (Lipinski definition) is 4. The maximum absolute atomic E-state index is 5.65. The molecule has 1 unspecified atom stereocenters. The van der Waals surface area contributed by atoms with Gasteiger partial charge in [-0.3, -0.25) is 0 Å². The van der Waals surface area contributed by atoms with Gasteiger partial charge in [0, 0.05) is 13.1 Å². The molecule has 5 heteroatoms. The van der Waals surface area contributed by atoms with Crippen LogP contribution in [0.4, 0.5) is 0 Å². The molecule has 0 radical (unpaired) electrons. The number of rotatable bonds is 2. The number of oxime groups is 1. The summed E-state index contributed by atoms with van der Waals surface area (Å²) < 4.78 is 0. The van der Waals surface area contributed by atoms with Crippen LogP contribution in [0.15, 0.2) is 5.16 Å². The van der Waals surface area contributed by atoms with Crippen LogP contribution in [0.2, 0.25) is 0 Å². The molecule has 0 amide bonds. The summed E-state index contributed by atoms with van der Waals surface area (Å²) in [5.74, 6) is 0. The van der Waals surface area contributed by atoms with Crippen molar-refractivity contribution in [3.8, 4) is 0 Å². The maximum Gasteiger partial charge on any atom is 0.114 e. The van der Waals surface area contributed by atoms with E-state index in [-0.39, 0.29) is 18.4 Å². The van der Waals surface area contributed by atoms with Gasteiger partial charge < -0.3 is 15.9 Å². The van der Waals surface area contributed by atoms with Crippen molar-refractivity contribution in [1.82, 2.24) is 5.32 Å². The van der Waals surface area contributed by atoms with Gasteiger partial charge in [-0.1, -0.05) is 5.16 Å². The lowest BCUT2D eigenvalue weighted by molar-refractivity contribution is 0.158. The van der Waals surface area contributed by atoms with Gasteiger partial charge in [0.05, 0.1) is 11.8 Å². The molecule has 1 fully saturated rings. The molecule has 1 rings (SSSR count). The third kappa shape index (κ3) is 3.05. The van der Waals surface area contributed by atoms with Crippen molar-refractivity contribution in [2.75, 3.05) is 19.7 Å². The molecule has 1 heterocycles. The fraction of sp³-hybridized carbons (Fsp3) is 0.833. The molecule has 66 valence electrons. The van der Waals surface area contributed by atoms with Gasteiger partial charge in [0.1, 0.15) is 6.61 Å². The van der Waals surface area contributed by atoms with E-state index in [2.05, 4.69) is 10.5 Å².